The van der Waals surface area contributed by atoms with E-state index in [4.69, 9.17) is 9.15 Å². The third-order valence-corrected chi connectivity index (χ3v) is 7.24. The molecule has 1 N–H and O–H groups in total. The SMILES string of the molecule is CCOC(=O)c1c(NC(=O)c2cnn3c(-c4ccco4)ccnc23)sc2c1CCC(CC)C2. The molecule has 4 aromatic rings. The van der Waals surface area contributed by atoms with Gasteiger partial charge in [-0.05, 0) is 55.9 Å². The molecule has 4 heterocycles. The largest absolute Gasteiger partial charge is 0.463 e. The minimum atomic E-state index is -0.390. The number of esters is 1. The van der Waals surface area contributed by atoms with Crippen molar-refractivity contribution in [1.82, 2.24) is 14.6 Å². The van der Waals surface area contributed by atoms with E-state index in [1.165, 1.54) is 17.5 Å². The number of carbonyl (C=O) groups is 2. The van der Waals surface area contributed by atoms with Crippen LogP contribution < -0.4 is 5.32 Å². The second kappa shape index (κ2) is 8.82. The Morgan fingerprint density at radius 1 is 1.33 bits per heavy atom. The maximum absolute atomic E-state index is 13.3. The van der Waals surface area contributed by atoms with E-state index in [9.17, 15) is 9.59 Å². The summed E-state index contributed by atoms with van der Waals surface area (Å²) in [6.07, 6.45) is 8.55. The summed E-state index contributed by atoms with van der Waals surface area (Å²) in [5.74, 6) is 0.459. The molecule has 1 aliphatic rings. The standard InChI is InChI=1S/C24H24N4O4S/c1-3-14-7-8-15-19(12-14)33-23(20(15)24(30)31-4-2)27-22(29)16-13-26-28-17(9-10-25-21(16)28)18-6-5-11-32-18/h5-6,9-11,13-14H,3-4,7-8,12H2,1-2H3,(H,27,29). The second-order valence-electron chi connectivity index (χ2n) is 8.00. The van der Waals surface area contributed by atoms with E-state index >= 15 is 0 Å². The molecule has 0 radical (unpaired) electrons. The highest BCUT2D eigenvalue weighted by Gasteiger charge is 2.30. The zero-order valence-electron chi connectivity index (χ0n) is 18.5. The normalized spacial score (nSPS) is 15.4. The van der Waals surface area contributed by atoms with Gasteiger partial charge < -0.3 is 14.5 Å². The van der Waals surface area contributed by atoms with E-state index in [2.05, 4.69) is 22.3 Å². The van der Waals surface area contributed by atoms with Gasteiger partial charge in [-0.15, -0.1) is 11.3 Å². The summed E-state index contributed by atoms with van der Waals surface area (Å²) in [4.78, 5) is 31.6. The summed E-state index contributed by atoms with van der Waals surface area (Å²) in [6.45, 7) is 4.25. The van der Waals surface area contributed by atoms with Crippen LogP contribution in [0.5, 0.6) is 0 Å². The van der Waals surface area contributed by atoms with Crippen molar-refractivity contribution in [3.63, 3.8) is 0 Å². The highest BCUT2D eigenvalue weighted by Crippen LogP contribution is 2.41. The first-order valence-electron chi connectivity index (χ1n) is 11.1. The second-order valence-corrected chi connectivity index (χ2v) is 9.11. The molecule has 0 bridgehead atoms. The zero-order chi connectivity index (χ0) is 22.9. The van der Waals surface area contributed by atoms with Gasteiger partial charge in [-0.25, -0.2) is 14.3 Å². The van der Waals surface area contributed by atoms with Crippen LogP contribution in [0.25, 0.3) is 17.1 Å². The van der Waals surface area contributed by atoms with Crippen molar-refractivity contribution in [2.24, 2.45) is 5.92 Å². The number of nitrogens with one attached hydrogen (secondary N) is 1. The maximum Gasteiger partial charge on any atom is 0.341 e. The number of aromatic nitrogens is 3. The van der Waals surface area contributed by atoms with Crippen LogP contribution in [-0.2, 0) is 17.6 Å². The molecule has 33 heavy (non-hydrogen) atoms. The first-order valence-corrected chi connectivity index (χ1v) is 11.9. The Labute approximate surface area is 194 Å². The molecule has 8 nitrogen and oxygen atoms in total. The summed E-state index contributed by atoms with van der Waals surface area (Å²) in [5, 5.41) is 7.84. The Hall–Kier alpha value is -3.46. The molecule has 1 amide bonds. The molecule has 0 aliphatic heterocycles. The minimum Gasteiger partial charge on any atom is -0.463 e. The van der Waals surface area contributed by atoms with E-state index in [-0.39, 0.29) is 12.5 Å². The molecule has 0 fully saturated rings. The van der Waals surface area contributed by atoms with Crippen molar-refractivity contribution >= 4 is 33.9 Å². The number of carbonyl (C=O) groups excluding carboxylic acids is 2. The predicted molar refractivity (Wildman–Crippen MR) is 125 cm³/mol. The van der Waals surface area contributed by atoms with E-state index in [1.807, 2.05) is 6.07 Å². The van der Waals surface area contributed by atoms with Crippen molar-refractivity contribution < 1.29 is 18.7 Å². The van der Waals surface area contributed by atoms with Crippen LogP contribution in [0.15, 0.2) is 41.3 Å². The lowest BCUT2D eigenvalue weighted by molar-refractivity contribution is 0.0526. The van der Waals surface area contributed by atoms with E-state index in [0.29, 0.717) is 39.1 Å². The Bertz CT molecular complexity index is 1320. The van der Waals surface area contributed by atoms with Gasteiger partial charge in [0.25, 0.3) is 5.91 Å². The highest BCUT2D eigenvalue weighted by atomic mass is 32.1. The Morgan fingerprint density at radius 3 is 2.97 bits per heavy atom. The number of amides is 1. The molecule has 1 aliphatic carbocycles. The quantitative estimate of drug-likeness (QED) is 0.404. The van der Waals surface area contributed by atoms with Gasteiger partial charge in [0.2, 0.25) is 0 Å². The maximum atomic E-state index is 13.3. The summed E-state index contributed by atoms with van der Waals surface area (Å²) in [7, 11) is 0. The molecule has 5 rings (SSSR count). The van der Waals surface area contributed by atoms with Gasteiger partial charge in [0.15, 0.2) is 11.4 Å². The van der Waals surface area contributed by atoms with Crippen LogP contribution in [0, 0.1) is 5.92 Å². The van der Waals surface area contributed by atoms with Gasteiger partial charge in [0.05, 0.1) is 24.6 Å². The summed E-state index contributed by atoms with van der Waals surface area (Å²) in [5.41, 5.74) is 2.91. The molecule has 170 valence electrons. The fourth-order valence-electron chi connectivity index (χ4n) is 4.34. The van der Waals surface area contributed by atoms with Gasteiger partial charge >= 0.3 is 5.97 Å². The van der Waals surface area contributed by atoms with Gasteiger partial charge in [0, 0.05) is 11.1 Å². The highest BCUT2D eigenvalue weighted by molar-refractivity contribution is 7.17. The lowest BCUT2D eigenvalue weighted by Gasteiger charge is -2.20. The number of thiophene rings is 1. The van der Waals surface area contributed by atoms with Crippen molar-refractivity contribution in [3.05, 3.63) is 58.4 Å². The first kappa shape index (κ1) is 21.4. The summed E-state index contributed by atoms with van der Waals surface area (Å²) in [6, 6.07) is 5.38. The minimum absolute atomic E-state index is 0.280. The predicted octanol–water partition coefficient (Wildman–Crippen LogP) is 4.99. The van der Waals surface area contributed by atoms with E-state index in [1.54, 1.807) is 36.0 Å². The molecule has 1 unspecified atom stereocenters. The number of ether oxygens (including phenoxy) is 1. The van der Waals surface area contributed by atoms with Crippen LogP contribution in [0.4, 0.5) is 5.00 Å². The van der Waals surface area contributed by atoms with Crippen LogP contribution in [0.3, 0.4) is 0 Å². The van der Waals surface area contributed by atoms with Crippen LogP contribution in [0.2, 0.25) is 0 Å². The van der Waals surface area contributed by atoms with Gasteiger partial charge in [0.1, 0.15) is 16.3 Å². The van der Waals surface area contributed by atoms with Crippen molar-refractivity contribution in [3.8, 4) is 11.5 Å². The van der Waals surface area contributed by atoms with E-state index < -0.39 is 5.97 Å². The van der Waals surface area contributed by atoms with Crippen LogP contribution in [-0.4, -0.2) is 33.1 Å². The molecule has 4 aromatic heterocycles. The number of hydrogen-bond donors (Lipinski definition) is 1. The topological polar surface area (TPSA) is 98.7 Å². The number of fused-ring (bicyclic) bond motifs is 2. The number of rotatable bonds is 6. The Morgan fingerprint density at radius 2 is 2.21 bits per heavy atom. The molecular weight excluding hydrogens is 440 g/mol. The molecule has 9 heteroatoms. The number of hydrogen-bond acceptors (Lipinski definition) is 7. The molecular formula is C24H24N4O4S. The molecule has 0 saturated heterocycles. The van der Waals surface area contributed by atoms with Crippen LogP contribution >= 0.6 is 11.3 Å². The smallest absolute Gasteiger partial charge is 0.341 e. The molecule has 0 aromatic carbocycles. The lowest BCUT2D eigenvalue weighted by Crippen LogP contribution is -2.17. The lowest BCUT2D eigenvalue weighted by atomic mass is 9.85. The summed E-state index contributed by atoms with van der Waals surface area (Å²) >= 11 is 1.47. The molecule has 0 spiro atoms. The third-order valence-electron chi connectivity index (χ3n) is 6.07. The Balaban J connectivity index is 1.50. The fourth-order valence-corrected chi connectivity index (χ4v) is 5.69. The van der Waals surface area contributed by atoms with E-state index in [0.717, 1.165) is 36.1 Å². The number of furan rings is 1. The zero-order valence-corrected chi connectivity index (χ0v) is 19.3. The molecule has 0 saturated carbocycles. The number of anilines is 1. The van der Waals surface area contributed by atoms with Crippen molar-refractivity contribution in [2.45, 2.75) is 39.5 Å². The number of nitrogens with zero attached hydrogens (tertiary/aromatic N) is 3. The average Bonchev–Trinajstić information content (AvgIpc) is 3.56. The third kappa shape index (κ3) is 3.82. The Kier molecular flexibility index (Phi) is 5.72. The fraction of sp³-hybridized carbons (Fsp3) is 0.333. The van der Waals surface area contributed by atoms with Crippen molar-refractivity contribution in [1.29, 1.82) is 0 Å². The summed E-state index contributed by atoms with van der Waals surface area (Å²) < 4.78 is 12.4. The first-order chi connectivity index (χ1) is 16.1. The monoisotopic (exact) mass is 464 g/mol. The van der Waals surface area contributed by atoms with Gasteiger partial charge in [-0.3, -0.25) is 4.79 Å². The van der Waals surface area contributed by atoms with Crippen molar-refractivity contribution in [2.75, 3.05) is 11.9 Å². The van der Waals surface area contributed by atoms with Crippen LogP contribution in [0.1, 0.15) is 57.8 Å². The molecule has 1 atom stereocenters. The van der Waals surface area contributed by atoms with Gasteiger partial charge in [-0.2, -0.15) is 5.10 Å². The average molecular weight is 465 g/mol. The van der Waals surface area contributed by atoms with Gasteiger partial charge in [-0.1, -0.05) is 13.3 Å².